The van der Waals surface area contributed by atoms with Crippen LogP contribution in [0.1, 0.15) is 19.3 Å². The van der Waals surface area contributed by atoms with Crippen molar-refractivity contribution in [2.75, 3.05) is 12.3 Å². The summed E-state index contributed by atoms with van der Waals surface area (Å²) in [6.07, 6.45) is 1.75. The third kappa shape index (κ3) is 2.61. The number of sulfonamides is 1. The summed E-state index contributed by atoms with van der Waals surface area (Å²) in [4.78, 5) is 11.2. The van der Waals surface area contributed by atoms with Crippen molar-refractivity contribution in [3.63, 3.8) is 0 Å². The maximum Gasteiger partial charge on any atom is 0.243 e. The molecule has 1 aliphatic rings. The molecule has 4 N–H and O–H groups in total. The number of hydrogen-bond donors (Lipinski definition) is 2. The van der Waals surface area contributed by atoms with Gasteiger partial charge in [-0.15, -0.1) is 0 Å². The van der Waals surface area contributed by atoms with Gasteiger partial charge in [0.2, 0.25) is 15.9 Å². The van der Waals surface area contributed by atoms with Crippen molar-refractivity contribution in [3.8, 4) is 0 Å². The molecule has 110 valence electrons. The van der Waals surface area contributed by atoms with Gasteiger partial charge >= 0.3 is 0 Å². The third-order valence-electron chi connectivity index (χ3n) is 3.36. The molecule has 20 heavy (non-hydrogen) atoms. The number of benzene rings is 1. The summed E-state index contributed by atoms with van der Waals surface area (Å²) >= 11 is 0. The SMILES string of the molecule is NC(=O)C1CCCCN1S(=O)(=O)c1ccc(N)c(F)c1. The number of carbonyl (C=O) groups excluding carboxylic acids is 1. The van der Waals surface area contributed by atoms with Crippen molar-refractivity contribution in [2.24, 2.45) is 5.73 Å². The number of halogens is 1. The van der Waals surface area contributed by atoms with Crippen LogP contribution >= 0.6 is 0 Å². The lowest BCUT2D eigenvalue weighted by Crippen LogP contribution is -2.50. The molecule has 1 atom stereocenters. The van der Waals surface area contributed by atoms with Crippen molar-refractivity contribution in [1.29, 1.82) is 0 Å². The fraction of sp³-hybridized carbons (Fsp3) is 0.417. The third-order valence-corrected chi connectivity index (χ3v) is 5.26. The van der Waals surface area contributed by atoms with Crippen LogP contribution in [0.15, 0.2) is 23.1 Å². The van der Waals surface area contributed by atoms with Gasteiger partial charge in [0, 0.05) is 6.54 Å². The number of piperidine rings is 1. The van der Waals surface area contributed by atoms with E-state index in [9.17, 15) is 17.6 Å². The van der Waals surface area contributed by atoms with Gasteiger partial charge in [-0.25, -0.2) is 12.8 Å². The predicted molar refractivity (Wildman–Crippen MR) is 71.5 cm³/mol. The second-order valence-electron chi connectivity index (χ2n) is 4.71. The normalized spacial score (nSPS) is 20.8. The number of rotatable bonds is 3. The highest BCUT2D eigenvalue weighted by Gasteiger charge is 2.36. The molecule has 1 unspecified atom stereocenters. The number of nitrogens with zero attached hydrogens (tertiary/aromatic N) is 1. The zero-order chi connectivity index (χ0) is 14.9. The molecule has 8 heteroatoms. The number of amides is 1. The van der Waals surface area contributed by atoms with E-state index in [-0.39, 0.29) is 17.1 Å². The van der Waals surface area contributed by atoms with Crippen molar-refractivity contribution in [1.82, 2.24) is 4.31 Å². The van der Waals surface area contributed by atoms with Gasteiger partial charge in [0.15, 0.2) is 0 Å². The summed E-state index contributed by atoms with van der Waals surface area (Å²) in [6.45, 7) is 0.196. The molecule has 0 bridgehead atoms. The minimum absolute atomic E-state index is 0.131. The Kier molecular flexibility index (Phi) is 3.96. The molecule has 0 aliphatic carbocycles. The summed E-state index contributed by atoms with van der Waals surface area (Å²) in [5.74, 6) is -1.50. The molecule has 0 spiro atoms. The van der Waals surface area contributed by atoms with Crippen molar-refractivity contribution >= 4 is 21.6 Å². The van der Waals surface area contributed by atoms with E-state index in [1.54, 1.807) is 0 Å². The Bertz CT molecular complexity index is 633. The highest BCUT2D eigenvalue weighted by molar-refractivity contribution is 7.89. The van der Waals surface area contributed by atoms with Crippen LogP contribution in [-0.2, 0) is 14.8 Å². The molecule has 1 fully saturated rings. The maximum absolute atomic E-state index is 13.4. The highest BCUT2D eigenvalue weighted by Crippen LogP contribution is 2.26. The van der Waals surface area contributed by atoms with Crippen LogP contribution in [0.2, 0.25) is 0 Å². The first-order valence-corrected chi connectivity index (χ1v) is 7.64. The predicted octanol–water partition coefficient (Wildman–Crippen LogP) is 0.436. The van der Waals surface area contributed by atoms with Crippen LogP contribution in [0.4, 0.5) is 10.1 Å². The summed E-state index contributed by atoms with van der Waals surface area (Å²) in [7, 11) is -3.96. The standard InChI is InChI=1S/C12H16FN3O3S/c13-9-7-8(4-5-10(9)14)20(18,19)16-6-2-1-3-11(16)12(15)17/h4-5,7,11H,1-3,6,14H2,(H2,15,17). The maximum atomic E-state index is 13.4. The Morgan fingerprint density at radius 2 is 2.05 bits per heavy atom. The van der Waals surface area contributed by atoms with Crippen LogP contribution in [0.5, 0.6) is 0 Å². The second-order valence-corrected chi connectivity index (χ2v) is 6.60. The van der Waals surface area contributed by atoms with E-state index in [0.29, 0.717) is 12.8 Å². The molecular formula is C12H16FN3O3S. The van der Waals surface area contributed by atoms with Gasteiger partial charge in [0.1, 0.15) is 11.9 Å². The Balaban J connectivity index is 2.42. The first-order valence-electron chi connectivity index (χ1n) is 6.20. The Hall–Kier alpha value is -1.67. The average molecular weight is 301 g/mol. The van der Waals surface area contributed by atoms with E-state index in [1.165, 1.54) is 12.1 Å². The van der Waals surface area contributed by atoms with Gasteiger partial charge in [-0.1, -0.05) is 6.42 Å². The van der Waals surface area contributed by atoms with Crippen LogP contribution in [0, 0.1) is 5.82 Å². The van der Waals surface area contributed by atoms with Crippen molar-refractivity contribution in [2.45, 2.75) is 30.2 Å². The highest BCUT2D eigenvalue weighted by atomic mass is 32.2. The molecule has 6 nitrogen and oxygen atoms in total. The molecule has 1 aromatic rings. The number of hydrogen-bond acceptors (Lipinski definition) is 4. The first kappa shape index (κ1) is 14.7. The molecule has 0 radical (unpaired) electrons. The zero-order valence-corrected chi connectivity index (χ0v) is 11.6. The molecule has 1 aromatic carbocycles. The van der Waals surface area contributed by atoms with E-state index < -0.39 is 27.8 Å². The molecule has 2 rings (SSSR count). The Morgan fingerprint density at radius 1 is 1.35 bits per heavy atom. The minimum atomic E-state index is -3.96. The van der Waals surface area contributed by atoms with E-state index >= 15 is 0 Å². The monoisotopic (exact) mass is 301 g/mol. The van der Waals surface area contributed by atoms with Gasteiger partial charge in [-0.2, -0.15) is 4.31 Å². The lowest BCUT2D eigenvalue weighted by atomic mass is 10.0. The van der Waals surface area contributed by atoms with Crippen LogP contribution in [-0.4, -0.2) is 31.2 Å². The fourth-order valence-electron chi connectivity index (χ4n) is 2.28. The van der Waals surface area contributed by atoms with Crippen LogP contribution in [0.25, 0.3) is 0 Å². The van der Waals surface area contributed by atoms with E-state index in [4.69, 9.17) is 11.5 Å². The van der Waals surface area contributed by atoms with Gasteiger partial charge in [-0.05, 0) is 31.0 Å². The first-order chi connectivity index (χ1) is 9.34. The lowest BCUT2D eigenvalue weighted by molar-refractivity contribution is -0.122. The Morgan fingerprint density at radius 3 is 2.65 bits per heavy atom. The van der Waals surface area contributed by atoms with Gasteiger partial charge in [-0.3, -0.25) is 4.79 Å². The summed E-state index contributed by atoms with van der Waals surface area (Å²) in [5.41, 5.74) is 10.4. The zero-order valence-electron chi connectivity index (χ0n) is 10.8. The molecule has 0 aromatic heterocycles. The smallest absolute Gasteiger partial charge is 0.243 e. The summed E-state index contributed by atoms with van der Waals surface area (Å²) in [6, 6.07) is 2.39. The lowest BCUT2D eigenvalue weighted by Gasteiger charge is -2.32. The average Bonchev–Trinajstić information content (AvgIpc) is 2.41. The van der Waals surface area contributed by atoms with Crippen molar-refractivity contribution in [3.05, 3.63) is 24.0 Å². The van der Waals surface area contributed by atoms with E-state index in [1.807, 2.05) is 0 Å². The molecule has 0 saturated carbocycles. The number of nitrogen functional groups attached to an aromatic ring is 1. The van der Waals surface area contributed by atoms with Gasteiger partial charge < -0.3 is 11.5 Å². The van der Waals surface area contributed by atoms with Crippen molar-refractivity contribution < 1.29 is 17.6 Å². The molecule has 1 saturated heterocycles. The number of carbonyl (C=O) groups is 1. The minimum Gasteiger partial charge on any atom is -0.396 e. The number of primary amides is 1. The van der Waals surface area contributed by atoms with E-state index in [2.05, 4.69) is 0 Å². The van der Waals surface area contributed by atoms with Crippen LogP contribution < -0.4 is 11.5 Å². The largest absolute Gasteiger partial charge is 0.396 e. The quantitative estimate of drug-likeness (QED) is 0.790. The van der Waals surface area contributed by atoms with Gasteiger partial charge in [0.25, 0.3) is 0 Å². The molecule has 1 aliphatic heterocycles. The topological polar surface area (TPSA) is 106 Å². The number of anilines is 1. The number of nitrogens with two attached hydrogens (primary N) is 2. The van der Waals surface area contributed by atoms with Gasteiger partial charge in [0.05, 0.1) is 10.6 Å². The second kappa shape index (κ2) is 5.37. The molecule has 1 heterocycles. The van der Waals surface area contributed by atoms with E-state index in [0.717, 1.165) is 16.8 Å². The molecular weight excluding hydrogens is 285 g/mol. The Labute approximate surface area is 116 Å². The summed E-state index contributed by atoms with van der Waals surface area (Å²) < 4.78 is 39.4. The fourth-order valence-corrected chi connectivity index (χ4v) is 3.96. The summed E-state index contributed by atoms with van der Waals surface area (Å²) in [5, 5.41) is 0. The molecule has 1 amide bonds. The van der Waals surface area contributed by atoms with Crippen LogP contribution in [0.3, 0.4) is 0 Å².